The van der Waals surface area contributed by atoms with Crippen molar-refractivity contribution in [3.8, 4) is 12.3 Å². The number of oxime groups is 1. The van der Waals surface area contributed by atoms with Gasteiger partial charge in [0.1, 0.15) is 0 Å². The number of aliphatic hydroxyl groups excluding tert-OH is 1. The highest BCUT2D eigenvalue weighted by atomic mass is 16.4. The quantitative estimate of drug-likeness (QED) is 0.427. The molecule has 16 heavy (non-hydrogen) atoms. The zero-order chi connectivity index (χ0) is 12.3. The zero-order valence-electron chi connectivity index (χ0n) is 10.1. The Balaban J connectivity index is 3.20. The van der Waals surface area contributed by atoms with Crippen molar-refractivity contribution < 1.29 is 10.3 Å². The fraction of sp³-hybridized carbons (Fsp3) is 0.615. The third kappa shape index (κ3) is 2.28. The second kappa shape index (κ2) is 4.71. The lowest BCUT2D eigenvalue weighted by Crippen LogP contribution is -2.32. The Labute approximate surface area is 96.9 Å². The first-order chi connectivity index (χ1) is 7.44. The van der Waals surface area contributed by atoms with Crippen LogP contribution < -0.4 is 0 Å². The van der Waals surface area contributed by atoms with Crippen LogP contribution in [0.15, 0.2) is 16.3 Å². The van der Waals surface area contributed by atoms with Gasteiger partial charge in [-0.3, -0.25) is 0 Å². The van der Waals surface area contributed by atoms with Gasteiger partial charge >= 0.3 is 0 Å². The summed E-state index contributed by atoms with van der Waals surface area (Å²) in [6.45, 7) is 6.05. The smallest absolute Gasteiger partial charge is 0.0870 e. The molecule has 1 aliphatic carbocycles. The molecule has 0 heterocycles. The predicted molar refractivity (Wildman–Crippen MR) is 64.4 cm³/mol. The average molecular weight is 221 g/mol. The van der Waals surface area contributed by atoms with Crippen LogP contribution in [0.2, 0.25) is 0 Å². The monoisotopic (exact) mass is 221 g/mol. The minimum absolute atomic E-state index is 0.0888. The van der Waals surface area contributed by atoms with E-state index in [1.807, 2.05) is 6.92 Å². The SMILES string of the molecule is C#CCC(O)C1=C(C)C(=NO)CCC1(C)C. The molecule has 1 unspecified atom stereocenters. The van der Waals surface area contributed by atoms with Crippen LogP contribution >= 0.6 is 0 Å². The minimum Gasteiger partial charge on any atom is -0.411 e. The van der Waals surface area contributed by atoms with Crippen molar-refractivity contribution in [1.29, 1.82) is 0 Å². The number of hydrogen-bond acceptors (Lipinski definition) is 3. The summed E-state index contributed by atoms with van der Waals surface area (Å²) in [7, 11) is 0. The Bertz CT molecular complexity index is 372. The molecule has 0 aromatic carbocycles. The van der Waals surface area contributed by atoms with Gasteiger partial charge in [0.2, 0.25) is 0 Å². The van der Waals surface area contributed by atoms with Gasteiger partial charge in [-0.15, -0.1) is 12.3 Å². The highest BCUT2D eigenvalue weighted by molar-refractivity contribution is 6.01. The summed E-state index contributed by atoms with van der Waals surface area (Å²) in [5.74, 6) is 2.47. The fourth-order valence-corrected chi connectivity index (χ4v) is 2.46. The molecular weight excluding hydrogens is 202 g/mol. The van der Waals surface area contributed by atoms with Gasteiger partial charge < -0.3 is 10.3 Å². The number of terminal acetylenes is 1. The summed E-state index contributed by atoms with van der Waals surface area (Å²) in [6, 6.07) is 0. The van der Waals surface area contributed by atoms with Crippen LogP contribution in [0.4, 0.5) is 0 Å². The maximum absolute atomic E-state index is 10.1. The van der Waals surface area contributed by atoms with Crippen molar-refractivity contribution in [2.75, 3.05) is 0 Å². The molecule has 0 saturated carbocycles. The maximum atomic E-state index is 10.1. The zero-order valence-corrected chi connectivity index (χ0v) is 10.1. The predicted octanol–water partition coefficient (Wildman–Crippen LogP) is 2.34. The molecule has 0 spiro atoms. The molecule has 3 heteroatoms. The van der Waals surface area contributed by atoms with Gasteiger partial charge in [0, 0.05) is 6.42 Å². The molecule has 0 aliphatic heterocycles. The number of aliphatic hydroxyl groups is 1. The fourth-order valence-electron chi connectivity index (χ4n) is 2.46. The van der Waals surface area contributed by atoms with Crippen molar-refractivity contribution in [3.63, 3.8) is 0 Å². The van der Waals surface area contributed by atoms with Crippen molar-refractivity contribution >= 4 is 5.71 Å². The Morgan fingerprint density at radius 1 is 1.56 bits per heavy atom. The van der Waals surface area contributed by atoms with E-state index in [0.29, 0.717) is 12.1 Å². The molecule has 0 aromatic rings. The first-order valence-electron chi connectivity index (χ1n) is 5.48. The molecular formula is C13H19NO2. The van der Waals surface area contributed by atoms with Crippen LogP contribution in [0.1, 0.15) is 40.0 Å². The van der Waals surface area contributed by atoms with E-state index in [1.165, 1.54) is 0 Å². The Morgan fingerprint density at radius 3 is 2.69 bits per heavy atom. The summed E-state index contributed by atoms with van der Waals surface area (Å²) in [4.78, 5) is 0. The molecule has 3 nitrogen and oxygen atoms in total. The van der Waals surface area contributed by atoms with Gasteiger partial charge in [-0.1, -0.05) is 19.0 Å². The average Bonchev–Trinajstić information content (AvgIpc) is 2.17. The Morgan fingerprint density at radius 2 is 2.19 bits per heavy atom. The van der Waals surface area contributed by atoms with Crippen molar-refractivity contribution in [1.82, 2.24) is 0 Å². The van der Waals surface area contributed by atoms with Gasteiger partial charge in [0.15, 0.2) is 0 Å². The number of rotatable bonds is 2. The number of allylic oxidation sites excluding steroid dienone is 1. The minimum atomic E-state index is -0.642. The highest BCUT2D eigenvalue weighted by Gasteiger charge is 2.35. The van der Waals surface area contributed by atoms with Gasteiger partial charge in [-0.25, -0.2) is 0 Å². The summed E-state index contributed by atoms with van der Waals surface area (Å²) >= 11 is 0. The van der Waals surface area contributed by atoms with E-state index >= 15 is 0 Å². The molecule has 88 valence electrons. The van der Waals surface area contributed by atoms with E-state index < -0.39 is 6.10 Å². The lowest BCUT2D eigenvalue weighted by molar-refractivity contribution is 0.179. The molecule has 0 bridgehead atoms. The van der Waals surface area contributed by atoms with Crippen LogP contribution in [0.25, 0.3) is 0 Å². The van der Waals surface area contributed by atoms with E-state index in [4.69, 9.17) is 11.6 Å². The topological polar surface area (TPSA) is 52.8 Å². The van der Waals surface area contributed by atoms with Crippen LogP contribution in [0, 0.1) is 17.8 Å². The summed E-state index contributed by atoms with van der Waals surface area (Å²) in [5.41, 5.74) is 2.35. The third-order valence-corrected chi connectivity index (χ3v) is 3.32. The van der Waals surface area contributed by atoms with Gasteiger partial charge in [-0.2, -0.15) is 0 Å². The van der Waals surface area contributed by atoms with E-state index in [2.05, 4.69) is 24.9 Å². The standard InChI is InChI=1S/C13H19NO2/c1-5-6-11(15)12-9(2)10(14-16)7-8-13(12,3)4/h1,11,15-16H,6-8H2,2-4H3. The molecule has 1 atom stereocenters. The molecule has 1 rings (SSSR count). The largest absolute Gasteiger partial charge is 0.411 e. The molecule has 0 amide bonds. The van der Waals surface area contributed by atoms with Crippen LogP contribution in [-0.2, 0) is 0 Å². The third-order valence-electron chi connectivity index (χ3n) is 3.32. The van der Waals surface area contributed by atoms with Crippen molar-refractivity contribution in [2.45, 2.75) is 46.1 Å². The molecule has 1 aliphatic rings. The summed E-state index contributed by atoms with van der Waals surface area (Å²) in [5, 5.41) is 22.2. The normalized spacial score (nSPS) is 24.3. The maximum Gasteiger partial charge on any atom is 0.0870 e. The van der Waals surface area contributed by atoms with Crippen molar-refractivity contribution in [2.24, 2.45) is 10.6 Å². The molecule has 0 aromatic heterocycles. The number of hydrogen-bond donors (Lipinski definition) is 2. The number of nitrogens with zero attached hydrogens (tertiary/aromatic N) is 1. The van der Waals surface area contributed by atoms with Gasteiger partial charge in [0.25, 0.3) is 0 Å². The second-order valence-corrected chi connectivity index (χ2v) is 4.89. The Hall–Kier alpha value is -1.27. The van der Waals surface area contributed by atoms with Gasteiger partial charge in [0.05, 0.1) is 11.8 Å². The molecule has 0 fully saturated rings. The van der Waals surface area contributed by atoms with Crippen LogP contribution in [0.3, 0.4) is 0 Å². The second-order valence-electron chi connectivity index (χ2n) is 4.89. The van der Waals surface area contributed by atoms with E-state index in [9.17, 15) is 5.11 Å². The first-order valence-corrected chi connectivity index (χ1v) is 5.48. The van der Waals surface area contributed by atoms with Crippen molar-refractivity contribution in [3.05, 3.63) is 11.1 Å². The van der Waals surface area contributed by atoms with Crippen LogP contribution in [0.5, 0.6) is 0 Å². The summed E-state index contributed by atoms with van der Waals surface area (Å²) < 4.78 is 0. The van der Waals surface area contributed by atoms with E-state index in [1.54, 1.807) is 0 Å². The van der Waals surface area contributed by atoms with Gasteiger partial charge in [-0.05, 0) is 36.3 Å². The van der Waals surface area contributed by atoms with E-state index in [0.717, 1.165) is 24.0 Å². The molecule has 0 radical (unpaired) electrons. The van der Waals surface area contributed by atoms with E-state index in [-0.39, 0.29) is 5.41 Å². The lowest BCUT2D eigenvalue weighted by atomic mass is 9.69. The molecule has 2 N–H and O–H groups in total. The summed E-state index contributed by atoms with van der Waals surface area (Å²) in [6.07, 6.45) is 6.48. The Kier molecular flexibility index (Phi) is 3.77. The molecule has 0 saturated heterocycles. The first kappa shape index (κ1) is 12.8. The highest BCUT2D eigenvalue weighted by Crippen LogP contribution is 2.41. The van der Waals surface area contributed by atoms with Crippen LogP contribution in [-0.4, -0.2) is 22.1 Å². The lowest BCUT2D eigenvalue weighted by Gasteiger charge is -2.36.